The Morgan fingerprint density at radius 3 is 2.79 bits per heavy atom. The summed E-state index contributed by atoms with van der Waals surface area (Å²) in [6.45, 7) is 4.91. The zero-order valence-corrected chi connectivity index (χ0v) is 19.3. The highest BCUT2D eigenvalue weighted by Crippen LogP contribution is 2.20. The first kappa shape index (κ1) is 22.7. The van der Waals surface area contributed by atoms with Crippen LogP contribution >= 0.6 is 24.0 Å². The van der Waals surface area contributed by atoms with Crippen molar-refractivity contribution in [2.75, 3.05) is 46.9 Å². The Kier molecular flexibility index (Phi) is 9.84. The molecular weight excluding hydrogens is 463 g/mol. The number of benzene rings is 2. The quantitative estimate of drug-likeness (QED) is 0.266. The fraction of sp³-hybridized carbons (Fsp3) is 0.500. The summed E-state index contributed by atoms with van der Waals surface area (Å²) in [5, 5.41) is 9.30. The number of halogens is 1. The van der Waals surface area contributed by atoms with E-state index < -0.39 is 0 Å². The van der Waals surface area contributed by atoms with Gasteiger partial charge in [-0.2, -0.15) is 0 Å². The minimum Gasteiger partial charge on any atom is -0.494 e. The molecule has 5 nitrogen and oxygen atoms in total. The van der Waals surface area contributed by atoms with Gasteiger partial charge in [-0.25, -0.2) is 0 Å². The first-order valence-electron chi connectivity index (χ1n) is 9.99. The van der Waals surface area contributed by atoms with Gasteiger partial charge in [-0.3, -0.25) is 4.99 Å². The molecule has 0 bridgehead atoms. The fourth-order valence-corrected chi connectivity index (χ4v) is 3.63. The topological polar surface area (TPSA) is 48.9 Å². The van der Waals surface area contributed by atoms with E-state index in [2.05, 4.69) is 64.0 Å². The molecule has 1 atom stereocenters. The molecule has 1 aliphatic heterocycles. The second kappa shape index (κ2) is 12.1. The van der Waals surface area contributed by atoms with Crippen LogP contribution in [0.4, 0.5) is 0 Å². The van der Waals surface area contributed by atoms with Gasteiger partial charge in [-0.15, -0.1) is 24.0 Å². The molecule has 2 aromatic rings. The fourth-order valence-electron chi connectivity index (χ4n) is 3.63. The Morgan fingerprint density at radius 1 is 1.18 bits per heavy atom. The molecule has 1 unspecified atom stereocenters. The Labute approximate surface area is 185 Å². The summed E-state index contributed by atoms with van der Waals surface area (Å²) in [6, 6.07) is 14.6. The molecule has 1 heterocycles. The third kappa shape index (κ3) is 7.13. The Bertz CT molecular complexity index is 752. The third-order valence-corrected chi connectivity index (χ3v) is 5.11. The van der Waals surface area contributed by atoms with Crippen molar-refractivity contribution in [3.05, 3.63) is 42.5 Å². The number of guanidine groups is 1. The number of nitrogens with one attached hydrogen (secondary N) is 2. The van der Waals surface area contributed by atoms with Crippen LogP contribution in [-0.2, 0) is 0 Å². The summed E-state index contributed by atoms with van der Waals surface area (Å²) in [5.41, 5.74) is 0. The number of rotatable bonds is 7. The average molecular weight is 496 g/mol. The molecule has 0 aromatic heterocycles. The summed E-state index contributed by atoms with van der Waals surface area (Å²) in [7, 11) is 4.03. The normalized spacial score (nSPS) is 17.8. The zero-order valence-electron chi connectivity index (χ0n) is 17.0. The van der Waals surface area contributed by atoms with E-state index in [0.717, 1.165) is 31.2 Å². The molecule has 3 rings (SSSR count). The average Bonchev–Trinajstić information content (AvgIpc) is 2.70. The van der Waals surface area contributed by atoms with Gasteiger partial charge in [0.2, 0.25) is 0 Å². The molecule has 28 heavy (non-hydrogen) atoms. The number of fused-ring (bicyclic) bond motifs is 1. The molecule has 0 saturated carbocycles. The van der Waals surface area contributed by atoms with Crippen molar-refractivity contribution in [1.29, 1.82) is 0 Å². The van der Waals surface area contributed by atoms with Crippen molar-refractivity contribution in [2.45, 2.75) is 19.3 Å². The first-order chi connectivity index (χ1) is 13.2. The Balaban J connectivity index is 0.00000280. The minimum absolute atomic E-state index is 0. The van der Waals surface area contributed by atoms with Gasteiger partial charge in [0.25, 0.3) is 0 Å². The second-order valence-electron chi connectivity index (χ2n) is 7.36. The number of hydrogen-bond acceptors (Lipinski definition) is 3. The van der Waals surface area contributed by atoms with Crippen molar-refractivity contribution in [3.63, 3.8) is 0 Å². The summed E-state index contributed by atoms with van der Waals surface area (Å²) in [4.78, 5) is 6.73. The summed E-state index contributed by atoms with van der Waals surface area (Å²) in [5.74, 6) is 2.52. The maximum absolute atomic E-state index is 5.89. The maximum Gasteiger partial charge on any atom is 0.190 e. The summed E-state index contributed by atoms with van der Waals surface area (Å²) >= 11 is 0. The van der Waals surface area contributed by atoms with Crippen LogP contribution in [0.3, 0.4) is 0 Å². The lowest BCUT2D eigenvalue weighted by Gasteiger charge is -2.30. The number of likely N-dealkylation sites (tertiary alicyclic amines) is 1. The van der Waals surface area contributed by atoms with E-state index in [9.17, 15) is 0 Å². The molecule has 0 amide bonds. The molecule has 1 saturated heterocycles. The van der Waals surface area contributed by atoms with Gasteiger partial charge in [-0.05, 0) is 61.7 Å². The van der Waals surface area contributed by atoms with E-state index in [-0.39, 0.29) is 24.0 Å². The molecule has 0 spiro atoms. The van der Waals surface area contributed by atoms with E-state index in [1.807, 2.05) is 13.1 Å². The number of nitrogens with zero attached hydrogens (tertiary/aromatic N) is 2. The van der Waals surface area contributed by atoms with Crippen molar-refractivity contribution >= 4 is 40.7 Å². The predicted molar refractivity (Wildman–Crippen MR) is 129 cm³/mol. The lowest BCUT2D eigenvalue weighted by molar-refractivity contribution is 0.210. The monoisotopic (exact) mass is 496 g/mol. The van der Waals surface area contributed by atoms with Gasteiger partial charge in [0.1, 0.15) is 5.75 Å². The van der Waals surface area contributed by atoms with Crippen LogP contribution in [0.25, 0.3) is 10.8 Å². The molecule has 1 aliphatic rings. The van der Waals surface area contributed by atoms with Gasteiger partial charge in [-0.1, -0.05) is 30.3 Å². The van der Waals surface area contributed by atoms with E-state index >= 15 is 0 Å². The minimum atomic E-state index is 0. The van der Waals surface area contributed by atoms with Crippen LogP contribution in [0, 0.1) is 5.92 Å². The molecule has 2 aromatic carbocycles. The van der Waals surface area contributed by atoms with Crippen molar-refractivity contribution in [1.82, 2.24) is 15.5 Å². The van der Waals surface area contributed by atoms with Gasteiger partial charge in [0, 0.05) is 26.7 Å². The summed E-state index contributed by atoms with van der Waals surface area (Å²) in [6.07, 6.45) is 3.52. The molecule has 6 heteroatoms. The standard InChI is InChI=1S/C22H32N4O.HI/c1-23-22(25-16-18-7-5-13-26(2)17-18)24-12-6-14-27-21-11-10-19-8-3-4-9-20(19)15-21;/h3-4,8-11,15,18H,5-7,12-14,16-17H2,1-2H3,(H2,23,24,25);1H. The molecule has 1 fully saturated rings. The van der Waals surface area contributed by atoms with Crippen molar-refractivity contribution in [2.24, 2.45) is 10.9 Å². The highest BCUT2D eigenvalue weighted by molar-refractivity contribution is 14.0. The smallest absolute Gasteiger partial charge is 0.190 e. The van der Waals surface area contributed by atoms with Crippen LogP contribution in [0.2, 0.25) is 0 Å². The number of ether oxygens (including phenoxy) is 1. The van der Waals surface area contributed by atoms with E-state index in [0.29, 0.717) is 12.5 Å². The molecule has 0 aliphatic carbocycles. The van der Waals surface area contributed by atoms with Gasteiger partial charge in [0.05, 0.1) is 6.61 Å². The van der Waals surface area contributed by atoms with E-state index in [1.54, 1.807) is 0 Å². The van der Waals surface area contributed by atoms with E-state index in [4.69, 9.17) is 4.74 Å². The van der Waals surface area contributed by atoms with Crippen LogP contribution in [0.1, 0.15) is 19.3 Å². The maximum atomic E-state index is 5.89. The molecular formula is C22H33IN4O. The van der Waals surface area contributed by atoms with Crippen LogP contribution in [0.5, 0.6) is 5.75 Å². The van der Waals surface area contributed by atoms with Crippen molar-refractivity contribution < 1.29 is 4.74 Å². The lowest BCUT2D eigenvalue weighted by Crippen LogP contribution is -2.43. The zero-order chi connectivity index (χ0) is 18.9. The molecule has 0 radical (unpaired) electrons. The largest absolute Gasteiger partial charge is 0.494 e. The Hall–Kier alpha value is -1.54. The van der Waals surface area contributed by atoms with Gasteiger partial charge in [0.15, 0.2) is 5.96 Å². The highest BCUT2D eigenvalue weighted by atomic mass is 127. The predicted octanol–water partition coefficient (Wildman–Crippen LogP) is 3.73. The molecule has 2 N–H and O–H groups in total. The highest BCUT2D eigenvalue weighted by Gasteiger charge is 2.17. The first-order valence-corrected chi connectivity index (χ1v) is 9.99. The van der Waals surface area contributed by atoms with Crippen LogP contribution < -0.4 is 15.4 Å². The SMILES string of the molecule is CN=C(NCCCOc1ccc2ccccc2c1)NCC1CCCN(C)C1.I. The molecule has 154 valence electrons. The van der Waals surface area contributed by atoms with Gasteiger partial charge < -0.3 is 20.3 Å². The lowest BCUT2D eigenvalue weighted by atomic mass is 9.99. The third-order valence-electron chi connectivity index (χ3n) is 5.11. The number of hydrogen-bond donors (Lipinski definition) is 2. The Morgan fingerprint density at radius 2 is 2.00 bits per heavy atom. The number of aliphatic imine (C=N–C) groups is 1. The van der Waals surface area contributed by atoms with E-state index in [1.165, 1.54) is 36.7 Å². The van der Waals surface area contributed by atoms with Gasteiger partial charge >= 0.3 is 0 Å². The van der Waals surface area contributed by atoms with Crippen LogP contribution in [0.15, 0.2) is 47.5 Å². The number of piperidine rings is 1. The summed E-state index contributed by atoms with van der Waals surface area (Å²) < 4.78 is 5.89. The van der Waals surface area contributed by atoms with Crippen LogP contribution in [-0.4, -0.2) is 57.7 Å². The van der Waals surface area contributed by atoms with Crippen molar-refractivity contribution in [3.8, 4) is 5.75 Å². The second-order valence-corrected chi connectivity index (χ2v) is 7.36.